The first-order valence-electron chi connectivity index (χ1n) is 4.88. The summed E-state index contributed by atoms with van der Waals surface area (Å²) in [5, 5.41) is 6.31. The van der Waals surface area contributed by atoms with E-state index < -0.39 is 10.0 Å². The Balaban J connectivity index is 3.12. The third-order valence-corrected chi connectivity index (χ3v) is 4.46. The SMILES string of the molecule is Cc1n[nH]c(C)c1S(=O)(=O)N(C)CC(C)Cl. The Morgan fingerprint density at radius 3 is 2.44 bits per heavy atom. The molecule has 1 aromatic rings. The first kappa shape index (κ1) is 13.5. The first-order chi connectivity index (χ1) is 7.26. The molecule has 0 fully saturated rings. The van der Waals surface area contributed by atoms with Crippen LogP contribution in [0.1, 0.15) is 18.3 Å². The Morgan fingerprint density at radius 1 is 1.50 bits per heavy atom. The van der Waals surface area contributed by atoms with Gasteiger partial charge < -0.3 is 0 Å². The van der Waals surface area contributed by atoms with Gasteiger partial charge in [0.05, 0.1) is 11.4 Å². The van der Waals surface area contributed by atoms with Crippen LogP contribution < -0.4 is 0 Å². The average Bonchev–Trinajstić information content (AvgIpc) is 2.45. The predicted octanol–water partition coefficient (Wildman–Crippen LogP) is 1.27. The van der Waals surface area contributed by atoms with E-state index in [0.29, 0.717) is 11.4 Å². The van der Waals surface area contributed by atoms with Gasteiger partial charge in [-0.15, -0.1) is 11.6 Å². The second-order valence-electron chi connectivity index (χ2n) is 3.83. The number of H-pyrrole nitrogens is 1. The fourth-order valence-electron chi connectivity index (χ4n) is 1.53. The van der Waals surface area contributed by atoms with Crippen molar-refractivity contribution in [2.75, 3.05) is 13.6 Å². The molecule has 1 N–H and O–H groups in total. The van der Waals surface area contributed by atoms with Crippen LogP contribution in [0.25, 0.3) is 0 Å². The smallest absolute Gasteiger partial charge is 0.246 e. The van der Waals surface area contributed by atoms with E-state index in [0.717, 1.165) is 0 Å². The lowest BCUT2D eigenvalue weighted by atomic mass is 10.4. The van der Waals surface area contributed by atoms with Gasteiger partial charge in [-0.2, -0.15) is 9.40 Å². The minimum Gasteiger partial charge on any atom is -0.281 e. The number of hydrogen-bond acceptors (Lipinski definition) is 3. The van der Waals surface area contributed by atoms with Crippen molar-refractivity contribution in [1.29, 1.82) is 0 Å². The van der Waals surface area contributed by atoms with Crippen LogP contribution in [0.2, 0.25) is 0 Å². The maximum Gasteiger partial charge on any atom is 0.246 e. The van der Waals surface area contributed by atoms with Gasteiger partial charge in [0.2, 0.25) is 10.0 Å². The molecule has 0 saturated heterocycles. The molecular weight excluding hydrogens is 250 g/mol. The standard InChI is InChI=1S/C9H16ClN3O2S/c1-6(10)5-13(4)16(14,15)9-7(2)11-12-8(9)3/h6H,5H2,1-4H3,(H,11,12). The number of nitrogens with one attached hydrogen (secondary N) is 1. The lowest BCUT2D eigenvalue weighted by Gasteiger charge is -2.18. The fraction of sp³-hybridized carbons (Fsp3) is 0.667. The monoisotopic (exact) mass is 265 g/mol. The number of aryl methyl sites for hydroxylation is 2. The number of alkyl halides is 1. The molecule has 7 heteroatoms. The highest BCUT2D eigenvalue weighted by Gasteiger charge is 2.27. The van der Waals surface area contributed by atoms with Gasteiger partial charge in [0.1, 0.15) is 4.90 Å². The third kappa shape index (κ3) is 2.56. The highest BCUT2D eigenvalue weighted by atomic mass is 35.5. The Kier molecular flexibility index (Phi) is 3.98. The number of sulfonamides is 1. The van der Waals surface area contributed by atoms with Crippen molar-refractivity contribution < 1.29 is 8.42 Å². The quantitative estimate of drug-likeness (QED) is 0.834. The molecule has 0 aromatic carbocycles. The molecule has 0 aliphatic rings. The third-order valence-electron chi connectivity index (χ3n) is 2.24. The summed E-state index contributed by atoms with van der Waals surface area (Å²) in [5.41, 5.74) is 1.03. The minimum atomic E-state index is -3.50. The lowest BCUT2D eigenvalue weighted by molar-refractivity contribution is 0.469. The number of halogens is 1. The summed E-state index contributed by atoms with van der Waals surface area (Å²) >= 11 is 5.79. The number of aromatic amines is 1. The molecule has 92 valence electrons. The molecular formula is C9H16ClN3O2S. The van der Waals surface area contributed by atoms with E-state index in [4.69, 9.17) is 11.6 Å². The van der Waals surface area contributed by atoms with Crippen molar-refractivity contribution >= 4 is 21.6 Å². The van der Waals surface area contributed by atoms with Crippen molar-refractivity contribution in [3.05, 3.63) is 11.4 Å². The van der Waals surface area contributed by atoms with E-state index in [1.807, 2.05) is 0 Å². The molecule has 1 rings (SSSR count). The van der Waals surface area contributed by atoms with E-state index in [1.165, 1.54) is 11.4 Å². The maximum atomic E-state index is 12.2. The van der Waals surface area contributed by atoms with E-state index >= 15 is 0 Å². The number of rotatable bonds is 4. The van der Waals surface area contributed by atoms with Gasteiger partial charge in [-0.1, -0.05) is 0 Å². The zero-order valence-electron chi connectivity index (χ0n) is 9.78. The van der Waals surface area contributed by atoms with Gasteiger partial charge in [0.25, 0.3) is 0 Å². The van der Waals surface area contributed by atoms with Crippen LogP contribution in [0.15, 0.2) is 4.90 Å². The summed E-state index contributed by atoms with van der Waals surface area (Å²) < 4.78 is 25.6. The largest absolute Gasteiger partial charge is 0.281 e. The van der Waals surface area contributed by atoms with Gasteiger partial charge in [0.15, 0.2) is 0 Å². The van der Waals surface area contributed by atoms with Crippen molar-refractivity contribution in [2.24, 2.45) is 0 Å². The molecule has 0 spiro atoms. The highest BCUT2D eigenvalue weighted by Crippen LogP contribution is 2.20. The van der Waals surface area contributed by atoms with E-state index in [2.05, 4.69) is 10.2 Å². The zero-order chi connectivity index (χ0) is 12.5. The van der Waals surface area contributed by atoms with Crippen molar-refractivity contribution in [3.63, 3.8) is 0 Å². The molecule has 0 aliphatic carbocycles. The molecule has 1 aromatic heterocycles. The zero-order valence-corrected chi connectivity index (χ0v) is 11.4. The van der Waals surface area contributed by atoms with E-state index in [1.54, 1.807) is 20.8 Å². The Morgan fingerprint density at radius 2 is 2.06 bits per heavy atom. The second-order valence-corrected chi connectivity index (χ2v) is 6.56. The van der Waals surface area contributed by atoms with Crippen LogP contribution in [0, 0.1) is 13.8 Å². The van der Waals surface area contributed by atoms with Gasteiger partial charge in [-0.05, 0) is 20.8 Å². The Labute approximate surface area is 101 Å². The summed E-state index contributed by atoms with van der Waals surface area (Å²) in [6.07, 6.45) is 0. The van der Waals surface area contributed by atoms with Crippen molar-refractivity contribution in [1.82, 2.24) is 14.5 Å². The molecule has 0 aliphatic heterocycles. The molecule has 16 heavy (non-hydrogen) atoms. The Bertz CT molecular complexity index is 448. The van der Waals surface area contributed by atoms with E-state index in [9.17, 15) is 8.42 Å². The summed E-state index contributed by atoms with van der Waals surface area (Å²) in [6, 6.07) is 0. The summed E-state index contributed by atoms with van der Waals surface area (Å²) in [7, 11) is -1.98. The topological polar surface area (TPSA) is 66.1 Å². The van der Waals surface area contributed by atoms with Crippen LogP contribution in [-0.4, -0.2) is 41.9 Å². The number of hydrogen-bond donors (Lipinski definition) is 1. The van der Waals surface area contributed by atoms with Crippen LogP contribution in [0.4, 0.5) is 0 Å². The molecule has 1 atom stereocenters. The summed E-state index contributed by atoms with van der Waals surface area (Å²) in [5.74, 6) is 0. The normalized spacial score (nSPS) is 14.4. The van der Waals surface area contributed by atoms with E-state index in [-0.39, 0.29) is 16.8 Å². The molecule has 0 amide bonds. The highest BCUT2D eigenvalue weighted by molar-refractivity contribution is 7.89. The van der Waals surface area contributed by atoms with Crippen LogP contribution in [0.5, 0.6) is 0 Å². The predicted molar refractivity (Wildman–Crippen MR) is 63.2 cm³/mol. The average molecular weight is 266 g/mol. The van der Waals surface area contributed by atoms with Crippen molar-refractivity contribution in [2.45, 2.75) is 31.0 Å². The first-order valence-corrected chi connectivity index (χ1v) is 6.76. The van der Waals surface area contributed by atoms with Gasteiger partial charge in [-0.3, -0.25) is 5.10 Å². The van der Waals surface area contributed by atoms with Gasteiger partial charge in [-0.25, -0.2) is 8.42 Å². The van der Waals surface area contributed by atoms with Crippen LogP contribution >= 0.6 is 11.6 Å². The molecule has 5 nitrogen and oxygen atoms in total. The maximum absolute atomic E-state index is 12.2. The van der Waals surface area contributed by atoms with Gasteiger partial charge in [0, 0.05) is 19.0 Å². The van der Waals surface area contributed by atoms with Crippen molar-refractivity contribution in [3.8, 4) is 0 Å². The lowest BCUT2D eigenvalue weighted by Crippen LogP contribution is -2.32. The molecule has 1 heterocycles. The fourth-order valence-corrected chi connectivity index (χ4v) is 3.40. The summed E-state index contributed by atoms with van der Waals surface area (Å²) in [4.78, 5) is 0.243. The summed E-state index contributed by atoms with van der Waals surface area (Å²) in [6.45, 7) is 5.37. The van der Waals surface area contributed by atoms with Crippen LogP contribution in [-0.2, 0) is 10.0 Å². The Hall–Kier alpha value is -0.590. The molecule has 0 bridgehead atoms. The van der Waals surface area contributed by atoms with Gasteiger partial charge >= 0.3 is 0 Å². The second kappa shape index (κ2) is 4.73. The molecule has 1 unspecified atom stereocenters. The van der Waals surface area contributed by atoms with Crippen LogP contribution in [0.3, 0.4) is 0 Å². The number of aromatic nitrogens is 2. The molecule has 0 saturated carbocycles. The minimum absolute atomic E-state index is 0.229. The molecule has 0 radical (unpaired) electrons. The number of nitrogens with zero attached hydrogens (tertiary/aromatic N) is 2.